The first-order valence-corrected chi connectivity index (χ1v) is 28.6. The maximum absolute atomic E-state index is 12.8. The van der Waals surface area contributed by atoms with Gasteiger partial charge in [-0.2, -0.15) is 0 Å². The Morgan fingerprint density at radius 3 is 1.14 bits per heavy atom. The second-order valence-electron chi connectivity index (χ2n) is 19.1. The van der Waals surface area contributed by atoms with Crippen molar-refractivity contribution in [3.63, 3.8) is 0 Å². The van der Waals surface area contributed by atoms with E-state index in [2.05, 4.69) is 67.4 Å². The molecule has 0 atom stereocenters. The monoisotopic (exact) mass is 1020 g/mol. The number of carbonyl (C=O) groups excluding carboxylic acids is 5. The molecule has 1 saturated heterocycles. The quantitative estimate of drug-likeness (QED) is 0.0246. The molecule has 0 spiro atoms. The molecule has 72 heavy (non-hydrogen) atoms. The molecular formula is C59H101NO12. The van der Waals surface area contributed by atoms with Crippen LogP contribution in [-0.2, 0) is 57.1 Å². The maximum Gasteiger partial charge on any atom is 0.332 e. The molecular weight excluding hydrogens is 915 g/mol. The molecule has 0 unspecified atom stereocenters. The minimum atomic E-state index is -0.599. The van der Waals surface area contributed by atoms with Crippen LogP contribution >= 0.6 is 0 Å². The molecule has 1 aliphatic rings. The van der Waals surface area contributed by atoms with Gasteiger partial charge in [-0.05, 0) is 142 Å². The van der Waals surface area contributed by atoms with E-state index in [0.29, 0.717) is 45.3 Å². The van der Waals surface area contributed by atoms with Crippen LogP contribution in [0.25, 0.3) is 0 Å². The number of likely N-dealkylation sites (tertiary alicyclic amines) is 1. The number of allylic oxidation sites excluding steroid dienone is 8. The van der Waals surface area contributed by atoms with E-state index < -0.39 is 30.0 Å². The molecule has 13 heteroatoms. The molecule has 0 N–H and O–H groups in total. The number of nitrogens with zero attached hydrogens (tertiary/aromatic N) is 1. The summed E-state index contributed by atoms with van der Waals surface area (Å²) in [7, 11) is 0. The lowest BCUT2D eigenvalue weighted by Gasteiger charge is -2.19. The number of hydrogen-bond donors (Lipinski definition) is 0. The normalized spacial score (nSPS) is 13.1. The Labute approximate surface area is 437 Å². The zero-order chi connectivity index (χ0) is 52.1. The Balaban J connectivity index is 2.15. The highest BCUT2D eigenvalue weighted by Gasteiger charge is 2.18. The molecule has 1 aliphatic heterocycles. The zero-order valence-corrected chi connectivity index (χ0v) is 45.4. The van der Waals surface area contributed by atoms with Crippen LogP contribution in [0.5, 0.6) is 0 Å². The SMILES string of the molecule is CCCCC/C=C\C/C=C\CCCCCCCCOC(=O)COCC(=O)OCCCC(CCCOC(=O)COCC(=O)OCCCCCCCC/C=C\C/C=C\CCCCC)OC(=O)CCCN1CCCC1. The van der Waals surface area contributed by atoms with Crippen molar-refractivity contribution in [2.75, 3.05) is 72.5 Å². The van der Waals surface area contributed by atoms with Crippen LogP contribution in [0.15, 0.2) is 48.6 Å². The van der Waals surface area contributed by atoms with Crippen molar-refractivity contribution in [1.82, 2.24) is 4.90 Å². The van der Waals surface area contributed by atoms with E-state index in [1.165, 1.54) is 103 Å². The van der Waals surface area contributed by atoms with Crippen molar-refractivity contribution in [2.45, 2.75) is 225 Å². The summed E-state index contributed by atoms with van der Waals surface area (Å²) in [6.07, 6.45) is 50.2. The van der Waals surface area contributed by atoms with E-state index in [1.807, 2.05) is 0 Å². The highest BCUT2D eigenvalue weighted by Crippen LogP contribution is 2.15. The summed E-state index contributed by atoms with van der Waals surface area (Å²) in [6.45, 7) is 6.89. The summed E-state index contributed by atoms with van der Waals surface area (Å²) in [5, 5.41) is 0. The predicted octanol–water partition coefficient (Wildman–Crippen LogP) is 13.2. The Kier molecular flexibility index (Phi) is 47.9. The molecule has 0 aromatic heterocycles. The number of ether oxygens (including phenoxy) is 7. The molecule has 0 radical (unpaired) electrons. The number of rotatable bonds is 51. The molecule has 13 nitrogen and oxygen atoms in total. The Bertz CT molecular complexity index is 1350. The van der Waals surface area contributed by atoms with Crippen LogP contribution in [-0.4, -0.2) is 113 Å². The molecule has 0 saturated carbocycles. The van der Waals surface area contributed by atoms with Crippen LogP contribution in [0.1, 0.15) is 219 Å². The lowest BCUT2D eigenvalue weighted by atomic mass is 10.1. The van der Waals surface area contributed by atoms with Gasteiger partial charge < -0.3 is 38.1 Å². The average molecular weight is 1020 g/mol. The minimum absolute atomic E-state index is 0.0915. The third kappa shape index (κ3) is 47.2. The first kappa shape index (κ1) is 66.2. The van der Waals surface area contributed by atoms with E-state index in [9.17, 15) is 24.0 Å². The van der Waals surface area contributed by atoms with Crippen molar-refractivity contribution < 1.29 is 57.1 Å². The van der Waals surface area contributed by atoms with Crippen molar-refractivity contribution in [3.05, 3.63) is 48.6 Å². The molecule has 0 amide bonds. The molecule has 0 aliphatic carbocycles. The highest BCUT2D eigenvalue weighted by molar-refractivity contribution is 5.74. The minimum Gasteiger partial charge on any atom is -0.464 e. The fourth-order valence-corrected chi connectivity index (χ4v) is 8.11. The molecule has 0 aromatic rings. The third-order valence-corrected chi connectivity index (χ3v) is 12.3. The lowest BCUT2D eigenvalue weighted by Crippen LogP contribution is -2.24. The van der Waals surface area contributed by atoms with E-state index in [1.54, 1.807) is 0 Å². The van der Waals surface area contributed by atoms with E-state index in [-0.39, 0.29) is 45.6 Å². The van der Waals surface area contributed by atoms with Gasteiger partial charge in [0.2, 0.25) is 0 Å². The largest absolute Gasteiger partial charge is 0.464 e. The standard InChI is InChI=1S/C59H101NO12/c1-3-5-7-9-11-13-15-17-19-21-23-25-27-29-31-35-46-68-56(62)50-66-52-58(64)70-48-38-40-54(72-55(61)42-37-45-60-43-33-34-44-60)41-39-49-71-59(65)53-67-51-57(63)69-47-36-32-30-28-26-24-22-20-18-16-14-12-10-8-6-4-2/h11-14,17-20,54H,3-10,15-16,21-53H2,1-2H3/b13-11-,14-12-,19-17-,20-18-. The van der Waals surface area contributed by atoms with Crippen LogP contribution < -0.4 is 0 Å². The number of esters is 5. The van der Waals surface area contributed by atoms with Crippen molar-refractivity contribution in [1.29, 1.82) is 0 Å². The van der Waals surface area contributed by atoms with Crippen molar-refractivity contribution >= 4 is 29.8 Å². The van der Waals surface area contributed by atoms with Gasteiger partial charge in [0.1, 0.15) is 32.5 Å². The fraction of sp³-hybridized carbons (Fsp3) is 0.780. The van der Waals surface area contributed by atoms with Gasteiger partial charge in [0, 0.05) is 6.42 Å². The second kappa shape index (κ2) is 52.1. The van der Waals surface area contributed by atoms with Gasteiger partial charge in [-0.15, -0.1) is 0 Å². The molecule has 1 heterocycles. The van der Waals surface area contributed by atoms with E-state index in [4.69, 9.17) is 33.2 Å². The first-order valence-electron chi connectivity index (χ1n) is 28.6. The predicted molar refractivity (Wildman–Crippen MR) is 287 cm³/mol. The Morgan fingerprint density at radius 2 is 0.750 bits per heavy atom. The summed E-state index contributed by atoms with van der Waals surface area (Å²) < 4.78 is 37.3. The van der Waals surface area contributed by atoms with Gasteiger partial charge >= 0.3 is 29.8 Å². The molecule has 414 valence electrons. The zero-order valence-electron chi connectivity index (χ0n) is 45.4. The number of carbonyl (C=O) groups is 5. The van der Waals surface area contributed by atoms with Gasteiger partial charge in [-0.1, -0.05) is 140 Å². The van der Waals surface area contributed by atoms with Gasteiger partial charge in [0.15, 0.2) is 0 Å². The number of unbranched alkanes of at least 4 members (excludes halogenated alkanes) is 18. The lowest BCUT2D eigenvalue weighted by molar-refractivity contribution is -0.157. The smallest absolute Gasteiger partial charge is 0.332 e. The number of hydrogen-bond acceptors (Lipinski definition) is 13. The van der Waals surface area contributed by atoms with Gasteiger partial charge in [0.05, 0.1) is 26.4 Å². The van der Waals surface area contributed by atoms with Crippen LogP contribution in [0.3, 0.4) is 0 Å². The van der Waals surface area contributed by atoms with Crippen LogP contribution in [0, 0.1) is 0 Å². The van der Waals surface area contributed by atoms with Gasteiger partial charge in [-0.3, -0.25) is 4.79 Å². The highest BCUT2D eigenvalue weighted by atomic mass is 16.6. The average Bonchev–Trinajstić information content (AvgIpc) is 3.89. The van der Waals surface area contributed by atoms with Gasteiger partial charge in [0.25, 0.3) is 0 Å². The van der Waals surface area contributed by atoms with Crippen molar-refractivity contribution in [2.24, 2.45) is 0 Å². The maximum atomic E-state index is 12.8. The summed E-state index contributed by atoms with van der Waals surface area (Å²) in [5.74, 6) is -2.51. The topological polar surface area (TPSA) is 153 Å². The summed E-state index contributed by atoms with van der Waals surface area (Å²) in [6, 6.07) is 0. The Morgan fingerprint density at radius 1 is 0.403 bits per heavy atom. The van der Waals surface area contributed by atoms with Crippen molar-refractivity contribution in [3.8, 4) is 0 Å². The van der Waals surface area contributed by atoms with Gasteiger partial charge in [-0.25, -0.2) is 19.2 Å². The summed E-state index contributed by atoms with van der Waals surface area (Å²) >= 11 is 0. The second-order valence-corrected chi connectivity index (χ2v) is 19.1. The molecule has 0 aromatic carbocycles. The fourth-order valence-electron chi connectivity index (χ4n) is 8.11. The van der Waals surface area contributed by atoms with Crippen LogP contribution in [0.4, 0.5) is 0 Å². The molecule has 1 rings (SSSR count). The summed E-state index contributed by atoms with van der Waals surface area (Å²) in [4.78, 5) is 63.8. The molecule has 1 fully saturated rings. The molecule has 0 bridgehead atoms. The third-order valence-electron chi connectivity index (χ3n) is 12.3. The summed E-state index contributed by atoms with van der Waals surface area (Å²) in [5.41, 5.74) is 0. The Hall–Kier alpha value is -3.81. The van der Waals surface area contributed by atoms with E-state index in [0.717, 1.165) is 90.3 Å². The van der Waals surface area contributed by atoms with Crippen LogP contribution in [0.2, 0.25) is 0 Å². The van der Waals surface area contributed by atoms with E-state index >= 15 is 0 Å². The first-order chi connectivity index (χ1) is 35.3.